The van der Waals surface area contributed by atoms with Gasteiger partial charge in [0.1, 0.15) is 0 Å². The zero-order valence-electron chi connectivity index (χ0n) is 10.1. The summed E-state index contributed by atoms with van der Waals surface area (Å²) in [6, 6.07) is 0. The molecule has 0 amide bonds. The molecule has 3 nitrogen and oxygen atoms in total. The molecule has 0 N–H and O–H groups in total. The summed E-state index contributed by atoms with van der Waals surface area (Å²) in [5.41, 5.74) is 0.404. The standard InChI is InChI=1S/C13H23NO2/c1-2-5-13(4-1)11-16-8-6-14(13)9-12-3-7-15-10-12/h12H,1-11H2. The van der Waals surface area contributed by atoms with E-state index in [-0.39, 0.29) is 0 Å². The van der Waals surface area contributed by atoms with Crippen LogP contribution in [0.1, 0.15) is 32.1 Å². The van der Waals surface area contributed by atoms with E-state index in [1.807, 2.05) is 0 Å². The fourth-order valence-electron chi connectivity index (χ4n) is 3.58. The Labute approximate surface area is 98.1 Å². The molecule has 0 aromatic carbocycles. The lowest BCUT2D eigenvalue weighted by atomic mass is 9.93. The minimum absolute atomic E-state index is 0.404. The van der Waals surface area contributed by atoms with Crippen molar-refractivity contribution in [2.45, 2.75) is 37.6 Å². The summed E-state index contributed by atoms with van der Waals surface area (Å²) in [7, 11) is 0. The van der Waals surface area contributed by atoms with Gasteiger partial charge >= 0.3 is 0 Å². The molecular formula is C13H23NO2. The molecule has 0 radical (unpaired) electrons. The molecule has 1 atom stereocenters. The molecule has 0 aromatic rings. The highest BCUT2D eigenvalue weighted by atomic mass is 16.5. The molecule has 3 rings (SSSR count). The molecule has 3 heteroatoms. The summed E-state index contributed by atoms with van der Waals surface area (Å²) in [5, 5.41) is 0. The van der Waals surface area contributed by atoms with Crippen LogP contribution in [0.2, 0.25) is 0 Å². The molecule has 16 heavy (non-hydrogen) atoms. The zero-order valence-corrected chi connectivity index (χ0v) is 10.1. The highest BCUT2D eigenvalue weighted by Gasteiger charge is 2.42. The number of ether oxygens (including phenoxy) is 2. The highest BCUT2D eigenvalue weighted by molar-refractivity contribution is 4.97. The maximum atomic E-state index is 5.73. The van der Waals surface area contributed by atoms with Crippen LogP contribution in [0.5, 0.6) is 0 Å². The second kappa shape index (κ2) is 4.63. The Hall–Kier alpha value is -0.120. The maximum Gasteiger partial charge on any atom is 0.0651 e. The molecule has 1 spiro atoms. The van der Waals surface area contributed by atoms with Gasteiger partial charge in [0, 0.05) is 25.2 Å². The largest absolute Gasteiger partial charge is 0.381 e. The third-order valence-corrected chi connectivity index (χ3v) is 4.58. The van der Waals surface area contributed by atoms with Gasteiger partial charge in [-0.15, -0.1) is 0 Å². The second-order valence-corrected chi connectivity index (χ2v) is 5.66. The van der Waals surface area contributed by atoms with Gasteiger partial charge in [-0.2, -0.15) is 0 Å². The van der Waals surface area contributed by atoms with Crippen LogP contribution >= 0.6 is 0 Å². The Balaban J connectivity index is 1.65. The molecule has 1 aliphatic carbocycles. The van der Waals surface area contributed by atoms with Crippen LogP contribution in [0.25, 0.3) is 0 Å². The minimum Gasteiger partial charge on any atom is -0.381 e. The van der Waals surface area contributed by atoms with Gasteiger partial charge in [-0.05, 0) is 25.2 Å². The van der Waals surface area contributed by atoms with E-state index in [1.165, 1.54) is 38.6 Å². The summed E-state index contributed by atoms with van der Waals surface area (Å²) >= 11 is 0. The van der Waals surface area contributed by atoms with Gasteiger partial charge in [-0.3, -0.25) is 4.90 Å². The van der Waals surface area contributed by atoms with Gasteiger partial charge in [-0.1, -0.05) is 12.8 Å². The molecule has 2 aliphatic heterocycles. The van der Waals surface area contributed by atoms with Gasteiger partial charge in [0.15, 0.2) is 0 Å². The Morgan fingerprint density at radius 1 is 1.12 bits per heavy atom. The van der Waals surface area contributed by atoms with Crippen molar-refractivity contribution in [3.05, 3.63) is 0 Å². The van der Waals surface area contributed by atoms with Crippen molar-refractivity contribution in [3.8, 4) is 0 Å². The number of morpholine rings is 1. The summed E-state index contributed by atoms with van der Waals surface area (Å²) in [4.78, 5) is 2.73. The van der Waals surface area contributed by atoms with E-state index in [2.05, 4.69) is 4.90 Å². The number of hydrogen-bond donors (Lipinski definition) is 0. The Morgan fingerprint density at radius 3 is 2.75 bits per heavy atom. The molecule has 3 aliphatic rings. The van der Waals surface area contributed by atoms with Gasteiger partial charge < -0.3 is 9.47 Å². The molecule has 1 unspecified atom stereocenters. The quantitative estimate of drug-likeness (QED) is 0.713. The van der Waals surface area contributed by atoms with E-state index in [0.717, 1.165) is 38.9 Å². The van der Waals surface area contributed by atoms with Gasteiger partial charge in [0.25, 0.3) is 0 Å². The fourth-order valence-corrected chi connectivity index (χ4v) is 3.58. The van der Waals surface area contributed by atoms with Gasteiger partial charge in [-0.25, -0.2) is 0 Å². The van der Waals surface area contributed by atoms with Crippen LogP contribution in [-0.4, -0.2) is 50.0 Å². The van der Waals surface area contributed by atoms with Crippen molar-refractivity contribution in [2.24, 2.45) is 5.92 Å². The third kappa shape index (κ3) is 2.01. The van der Waals surface area contributed by atoms with Crippen molar-refractivity contribution in [2.75, 3.05) is 39.5 Å². The molecule has 2 saturated heterocycles. The number of hydrogen-bond acceptors (Lipinski definition) is 3. The van der Waals surface area contributed by atoms with E-state index in [4.69, 9.17) is 9.47 Å². The van der Waals surface area contributed by atoms with Crippen molar-refractivity contribution in [3.63, 3.8) is 0 Å². The number of nitrogens with zero attached hydrogens (tertiary/aromatic N) is 1. The van der Waals surface area contributed by atoms with Gasteiger partial charge in [0.2, 0.25) is 0 Å². The second-order valence-electron chi connectivity index (χ2n) is 5.66. The molecule has 92 valence electrons. The minimum atomic E-state index is 0.404. The van der Waals surface area contributed by atoms with Crippen LogP contribution in [-0.2, 0) is 9.47 Å². The lowest BCUT2D eigenvalue weighted by Gasteiger charge is -2.45. The van der Waals surface area contributed by atoms with Crippen LogP contribution in [0.15, 0.2) is 0 Å². The summed E-state index contributed by atoms with van der Waals surface area (Å²) in [5.74, 6) is 0.774. The molecular weight excluding hydrogens is 202 g/mol. The summed E-state index contributed by atoms with van der Waals surface area (Å²) in [6.07, 6.45) is 6.73. The van der Waals surface area contributed by atoms with E-state index in [9.17, 15) is 0 Å². The third-order valence-electron chi connectivity index (χ3n) is 4.58. The fraction of sp³-hybridized carbons (Fsp3) is 1.00. The van der Waals surface area contributed by atoms with Gasteiger partial charge in [0.05, 0.1) is 19.8 Å². The van der Waals surface area contributed by atoms with Crippen LogP contribution in [0.3, 0.4) is 0 Å². The highest BCUT2D eigenvalue weighted by Crippen LogP contribution is 2.38. The van der Waals surface area contributed by atoms with E-state index >= 15 is 0 Å². The normalized spacial score (nSPS) is 34.9. The Morgan fingerprint density at radius 2 is 2.00 bits per heavy atom. The van der Waals surface area contributed by atoms with Crippen molar-refractivity contribution in [1.82, 2.24) is 4.90 Å². The summed E-state index contributed by atoms with van der Waals surface area (Å²) in [6.45, 7) is 6.23. The van der Waals surface area contributed by atoms with E-state index in [0.29, 0.717) is 5.54 Å². The topological polar surface area (TPSA) is 21.7 Å². The average Bonchev–Trinajstić information content (AvgIpc) is 2.94. The molecule has 0 aromatic heterocycles. The number of rotatable bonds is 2. The average molecular weight is 225 g/mol. The lowest BCUT2D eigenvalue weighted by Crippen LogP contribution is -2.56. The first kappa shape index (κ1) is 11.0. The molecule has 1 saturated carbocycles. The SMILES string of the molecule is C1CCC2(C1)COCCN2CC1CCOC1. The predicted octanol–water partition coefficient (Wildman–Crippen LogP) is 1.67. The maximum absolute atomic E-state index is 5.73. The predicted molar refractivity (Wildman–Crippen MR) is 62.5 cm³/mol. The smallest absolute Gasteiger partial charge is 0.0651 e. The van der Waals surface area contributed by atoms with Crippen LogP contribution < -0.4 is 0 Å². The summed E-state index contributed by atoms with van der Waals surface area (Å²) < 4.78 is 11.2. The van der Waals surface area contributed by atoms with Crippen LogP contribution in [0, 0.1) is 5.92 Å². The zero-order chi connectivity index (χ0) is 10.8. The van der Waals surface area contributed by atoms with E-state index < -0.39 is 0 Å². The first-order chi connectivity index (χ1) is 7.89. The molecule has 2 heterocycles. The molecule has 3 fully saturated rings. The first-order valence-electron chi connectivity index (χ1n) is 6.80. The van der Waals surface area contributed by atoms with Crippen molar-refractivity contribution in [1.29, 1.82) is 0 Å². The Kier molecular flexibility index (Phi) is 3.18. The first-order valence-corrected chi connectivity index (χ1v) is 6.80. The monoisotopic (exact) mass is 225 g/mol. The Bertz CT molecular complexity index is 232. The van der Waals surface area contributed by atoms with Crippen molar-refractivity contribution >= 4 is 0 Å². The lowest BCUT2D eigenvalue weighted by molar-refractivity contribution is -0.0719. The van der Waals surface area contributed by atoms with Crippen molar-refractivity contribution < 1.29 is 9.47 Å². The van der Waals surface area contributed by atoms with E-state index in [1.54, 1.807) is 0 Å². The molecule has 0 bridgehead atoms. The van der Waals surface area contributed by atoms with Crippen LogP contribution in [0.4, 0.5) is 0 Å².